The molecule has 0 bridgehead atoms. The van der Waals surface area contributed by atoms with E-state index < -0.39 is 0 Å². The Balaban J connectivity index is 1.92. The van der Waals surface area contributed by atoms with E-state index in [1.165, 1.54) is 12.8 Å². The van der Waals surface area contributed by atoms with Gasteiger partial charge < -0.3 is 0 Å². The molecule has 0 N–H and O–H groups in total. The molecule has 3 saturated carbocycles. The van der Waals surface area contributed by atoms with Crippen LogP contribution >= 0.6 is 0 Å². The van der Waals surface area contributed by atoms with Crippen molar-refractivity contribution in [2.45, 2.75) is 52.4 Å². The normalized spacial score (nSPS) is 48.6. The summed E-state index contributed by atoms with van der Waals surface area (Å²) in [5.74, 6) is 3.15. The van der Waals surface area contributed by atoms with Crippen LogP contribution in [0.25, 0.3) is 0 Å². The van der Waals surface area contributed by atoms with Crippen LogP contribution in [0.1, 0.15) is 52.4 Å². The van der Waals surface area contributed by atoms with Crippen LogP contribution in [-0.2, 0) is 9.59 Å². The third kappa shape index (κ3) is 1.85. The SMILES string of the molecule is CC1CC(=O)[C@H]2[C@H](C1)C[C@H](C)[C@H]1CCCC(=O)[C@@H]12. The van der Waals surface area contributed by atoms with Crippen molar-refractivity contribution in [2.75, 3.05) is 0 Å². The predicted octanol–water partition coefficient (Wildman–Crippen LogP) is 3.24. The first kappa shape index (κ1) is 12.4. The minimum absolute atomic E-state index is 0.0903. The van der Waals surface area contributed by atoms with Gasteiger partial charge >= 0.3 is 0 Å². The molecular weight excluding hydrogens is 224 g/mol. The highest BCUT2D eigenvalue weighted by molar-refractivity contribution is 5.91. The van der Waals surface area contributed by atoms with E-state index in [1.807, 2.05) is 0 Å². The Morgan fingerprint density at radius 2 is 1.78 bits per heavy atom. The summed E-state index contributed by atoms with van der Waals surface area (Å²) < 4.78 is 0. The van der Waals surface area contributed by atoms with Crippen LogP contribution in [0.4, 0.5) is 0 Å². The van der Waals surface area contributed by atoms with Gasteiger partial charge in [0.25, 0.3) is 0 Å². The maximum absolute atomic E-state index is 12.4. The van der Waals surface area contributed by atoms with E-state index in [9.17, 15) is 9.59 Å². The lowest BCUT2D eigenvalue weighted by Crippen LogP contribution is -2.50. The van der Waals surface area contributed by atoms with E-state index >= 15 is 0 Å². The number of fused-ring (bicyclic) bond motifs is 3. The summed E-state index contributed by atoms with van der Waals surface area (Å²) in [4.78, 5) is 24.7. The first-order chi connectivity index (χ1) is 8.58. The lowest BCUT2D eigenvalue weighted by molar-refractivity contribution is -0.148. The molecule has 0 aliphatic heterocycles. The van der Waals surface area contributed by atoms with Gasteiger partial charge in [0, 0.05) is 24.7 Å². The zero-order valence-electron chi connectivity index (χ0n) is 11.5. The Kier molecular flexibility index (Phi) is 3.07. The molecule has 0 saturated heterocycles. The average molecular weight is 248 g/mol. The third-order valence-corrected chi connectivity index (χ3v) is 5.72. The summed E-state index contributed by atoms with van der Waals surface area (Å²) in [6.45, 7) is 4.49. The average Bonchev–Trinajstić information content (AvgIpc) is 2.29. The molecule has 3 aliphatic carbocycles. The molecule has 18 heavy (non-hydrogen) atoms. The fourth-order valence-corrected chi connectivity index (χ4v) is 5.08. The molecule has 0 aromatic rings. The number of Topliss-reactive ketones (excluding diaryl/α,β-unsaturated/α-hetero) is 2. The van der Waals surface area contributed by atoms with E-state index in [4.69, 9.17) is 0 Å². The lowest BCUT2D eigenvalue weighted by Gasteiger charge is -2.50. The van der Waals surface area contributed by atoms with E-state index in [0.717, 1.165) is 19.3 Å². The highest BCUT2D eigenvalue weighted by Gasteiger charge is 2.51. The van der Waals surface area contributed by atoms with Crippen molar-refractivity contribution >= 4 is 11.6 Å². The monoisotopic (exact) mass is 248 g/mol. The van der Waals surface area contributed by atoms with Gasteiger partial charge in [-0.3, -0.25) is 9.59 Å². The van der Waals surface area contributed by atoms with Gasteiger partial charge in [-0.2, -0.15) is 0 Å². The van der Waals surface area contributed by atoms with Crippen molar-refractivity contribution in [1.29, 1.82) is 0 Å². The van der Waals surface area contributed by atoms with E-state index in [-0.39, 0.29) is 11.8 Å². The van der Waals surface area contributed by atoms with Gasteiger partial charge in [0.15, 0.2) is 0 Å². The number of carbonyl (C=O) groups excluding carboxylic acids is 2. The van der Waals surface area contributed by atoms with E-state index in [1.54, 1.807) is 0 Å². The molecule has 100 valence electrons. The Hall–Kier alpha value is -0.660. The molecule has 0 aromatic carbocycles. The molecule has 0 aromatic heterocycles. The van der Waals surface area contributed by atoms with Crippen LogP contribution in [-0.4, -0.2) is 11.6 Å². The number of rotatable bonds is 0. The van der Waals surface area contributed by atoms with Crippen LogP contribution in [0.2, 0.25) is 0 Å². The summed E-state index contributed by atoms with van der Waals surface area (Å²) in [5.41, 5.74) is 0. The van der Waals surface area contributed by atoms with Gasteiger partial charge in [0.2, 0.25) is 0 Å². The molecule has 2 heteroatoms. The maximum atomic E-state index is 12.4. The molecule has 0 radical (unpaired) electrons. The summed E-state index contributed by atoms with van der Waals surface area (Å²) in [5, 5.41) is 0. The molecule has 3 aliphatic rings. The first-order valence-electron chi connectivity index (χ1n) is 7.63. The smallest absolute Gasteiger partial charge is 0.137 e. The quantitative estimate of drug-likeness (QED) is 0.659. The third-order valence-electron chi connectivity index (χ3n) is 5.72. The zero-order valence-corrected chi connectivity index (χ0v) is 11.5. The van der Waals surface area contributed by atoms with Crippen molar-refractivity contribution < 1.29 is 9.59 Å². The molecule has 1 unspecified atom stereocenters. The summed E-state index contributed by atoms with van der Waals surface area (Å²) in [7, 11) is 0. The minimum Gasteiger partial charge on any atom is -0.299 e. The Morgan fingerprint density at radius 1 is 1.00 bits per heavy atom. The Morgan fingerprint density at radius 3 is 2.56 bits per heavy atom. The zero-order chi connectivity index (χ0) is 12.9. The maximum Gasteiger partial charge on any atom is 0.137 e. The van der Waals surface area contributed by atoms with Gasteiger partial charge in [-0.15, -0.1) is 0 Å². The molecule has 3 fully saturated rings. The standard InChI is InChI=1S/C16H24O2/c1-9-6-11-8-10(2)12-4-3-5-13(17)16(12)15(11)14(18)7-9/h9-12,15-16H,3-8H2,1-2H3/t9?,10-,11+,12+,15+,16+/m0/s1. The van der Waals surface area contributed by atoms with Crippen LogP contribution < -0.4 is 0 Å². The first-order valence-corrected chi connectivity index (χ1v) is 7.63. The Labute approximate surface area is 110 Å². The van der Waals surface area contributed by atoms with Gasteiger partial charge in [-0.1, -0.05) is 13.8 Å². The topological polar surface area (TPSA) is 34.1 Å². The fraction of sp³-hybridized carbons (Fsp3) is 0.875. The fourth-order valence-electron chi connectivity index (χ4n) is 5.08. The number of carbonyl (C=O) groups is 2. The molecule has 6 atom stereocenters. The van der Waals surface area contributed by atoms with Crippen molar-refractivity contribution in [3.8, 4) is 0 Å². The van der Waals surface area contributed by atoms with Gasteiger partial charge in [0.05, 0.1) is 0 Å². The molecule has 0 spiro atoms. The van der Waals surface area contributed by atoms with Gasteiger partial charge in [0.1, 0.15) is 11.6 Å². The summed E-state index contributed by atoms with van der Waals surface area (Å²) in [6, 6.07) is 0. The molecule has 3 rings (SSSR count). The van der Waals surface area contributed by atoms with Gasteiger partial charge in [-0.05, 0) is 49.4 Å². The molecular formula is C16H24O2. The van der Waals surface area contributed by atoms with Crippen molar-refractivity contribution in [3.05, 3.63) is 0 Å². The molecule has 0 heterocycles. The van der Waals surface area contributed by atoms with Crippen LogP contribution in [0, 0.1) is 35.5 Å². The number of ketones is 2. The second-order valence-corrected chi connectivity index (χ2v) is 7.06. The van der Waals surface area contributed by atoms with Crippen LogP contribution in [0.15, 0.2) is 0 Å². The van der Waals surface area contributed by atoms with Crippen molar-refractivity contribution in [1.82, 2.24) is 0 Å². The molecule has 2 nitrogen and oxygen atoms in total. The van der Waals surface area contributed by atoms with E-state index in [0.29, 0.717) is 41.7 Å². The molecule has 0 amide bonds. The summed E-state index contributed by atoms with van der Waals surface area (Å²) in [6.07, 6.45) is 5.99. The summed E-state index contributed by atoms with van der Waals surface area (Å²) >= 11 is 0. The van der Waals surface area contributed by atoms with Gasteiger partial charge in [-0.25, -0.2) is 0 Å². The second-order valence-electron chi connectivity index (χ2n) is 7.06. The highest BCUT2D eigenvalue weighted by Crippen LogP contribution is 2.52. The number of hydrogen-bond acceptors (Lipinski definition) is 2. The minimum atomic E-state index is 0.0903. The number of hydrogen-bond donors (Lipinski definition) is 0. The second kappa shape index (κ2) is 4.47. The van der Waals surface area contributed by atoms with Crippen molar-refractivity contribution in [2.24, 2.45) is 35.5 Å². The Bertz CT molecular complexity index is 373. The van der Waals surface area contributed by atoms with Crippen LogP contribution in [0.5, 0.6) is 0 Å². The largest absolute Gasteiger partial charge is 0.299 e. The lowest BCUT2D eigenvalue weighted by atomic mass is 9.53. The highest BCUT2D eigenvalue weighted by atomic mass is 16.1. The van der Waals surface area contributed by atoms with Crippen LogP contribution in [0.3, 0.4) is 0 Å². The van der Waals surface area contributed by atoms with E-state index in [2.05, 4.69) is 13.8 Å². The van der Waals surface area contributed by atoms with Crippen molar-refractivity contribution in [3.63, 3.8) is 0 Å². The predicted molar refractivity (Wildman–Crippen MR) is 70.0 cm³/mol.